The molecule has 3 rings (SSSR count). The van der Waals surface area contributed by atoms with Gasteiger partial charge in [0.2, 0.25) is 0 Å². The number of ether oxygens (including phenoxy) is 3. The monoisotopic (exact) mass is 378 g/mol. The van der Waals surface area contributed by atoms with Gasteiger partial charge in [0, 0.05) is 18.2 Å². The first-order chi connectivity index (χ1) is 13.7. The highest BCUT2D eigenvalue weighted by Crippen LogP contribution is 2.27. The third kappa shape index (κ3) is 5.10. The van der Waals surface area contributed by atoms with Gasteiger partial charge in [-0.3, -0.25) is 4.79 Å². The highest BCUT2D eigenvalue weighted by atomic mass is 16.6. The van der Waals surface area contributed by atoms with E-state index in [9.17, 15) is 9.59 Å². The number of rotatable bonds is 8. The van der Waals surface area contributed by atoms with Crippen molar-refractivity contribution < 1.29 is 23.8 Å². The summed E-state index contributed by atoms with van der Waals surface area (Å²) in [4.78, 5) is 24.2. The van der Waals surface area contributed by atoms with Crippen molar-refractivity contribution in [1.82, 2.24) is 0 Å². The summed E-state index contributed by atoms with van der Waals surface area (Å²) in [5.74, 6) is -0.339. The van der Waals surface area contributed by atoms with Crippen LogP contribution in [-0.2, 0) is 25.7 Å². The number of benzene rings is 3. The minimum Gasteiger partial charge on any atom is -0.478 e. The second-order valence-electron chi connectivity index (χ2n) is 6.29. The van der Waals surface area contributed by atoms with E-state index in [1.807, 2.05) is 66.7 Å². The third-order valence-electron chi connectivity index (χ3n) is 4.34. The summed E-state index contributed by atoms with van der Waals surface area (Å²) in [5.41, 5.74) is 0.910. The van der Waals surface area contributed by atoms with Crippen LogP contribution in [0.5, 0.6) is 5.75 Å². The summed E-state index contributed by atoms with van der Waals surface area (Å²) in [6.07, 6.45) is -0.666. The van der Waals surface area contributed by atoms with Crippen LogP contribution in [0.3, 0.4) is 0 Å². The van der Waals surface area contributed by atoms with Gasteiger partial charge in [-0.15, -0.1) is 0 Å². The molecule has 0 aromatic heterocycles. The molecular formula is C23H22O5. The van der Waals surface area contributed by atoms with E-state index >= 15 is 0 Å². The van der Waals surface area contributed by atoms with Gasteiger partial charge in [0.1, 0.15) is 12.4 Å². The van der Waals surface area contributed by atoms with Crippen molar-refractivity contribution in [3.05, 3.63) is 78.4 Å². The van der Waals surface area contributed by atoms with Crippen molar-refractivity contribution in [2.24, 2.45) is 0 Å². The van der Waals surface area contributed by atoms with Crippen LogP contribution in [-0.4, -0.2) is 25.2 Å². The third-order valence-corrected chi connectivity index (χ3v) is 4.34. The number of fused-ring (bicyclic) bond motifs is 1. The van der Waals surface area contributed by atoms with Crippen LogP contribution < -0.4 is 4.74 Å². The zero-order chi connectivity index (χ0) is 19.8. The first-order valence-electron chi connectivity index (χ1n) is 9.09. The summed E-state index contributed by atoms with van der Waals surface area (Å²) in [6.45, 7) is 0.201. The van der Waals surface area contributed by atoms with Crippen LogP contribution in [0, 0.1) is 0 Å². The molecule has 0 bridgehead atoms. The molecule has 0 spiro atoms. The topological polar surface area (TPSA) is 61.8 Å². The molecule has 144 valence electrons. The maximum absolute atomic E-state index is 12.1. The first kappa shape index (κ1) is 19.4. The number of methoxy groups -OCH3 is 1. The van der Waals surface area contributed by atoms with Gasteiger partial charge in [0.15, 0.2) is 6.10 Å². The molecule has 0 saturated carbocycles. The Morgan fingerprint density at radius 1 is 0.893 bits per heavy atom. The Morgan fingerprint density at radius 2 is 1.61 bits per heavy atom. The fourth-order valence-electron chi connectivity index (χ4n) is 2.87. The zero-order valence-corrected chi connectivity index (χ0v) is 15.7. The maximum Gasteiger partial charge on any atom is 0.347 e. The minimum atomic E-state index is -0.889. The summed E-state index contributed by atoms with van der Waals surface area (Å²) >= 11 is 0. The normalized spacial score (nSPS) is 11.6. The van der Waals surface area contributed by atoms with Crippen molar-refractivity contribution >= 4 is 22.7 Å². The molecule has 1 atom stereocenters. The molecule has 5 nitrogen and oxygen atoms in total. The van der Waals surface area contributed by atoms with Crippen LogP contribution in [0.2, 0.25) is 0 Å². The van der Waals surface area contributed by atoms with Crippen LogP contribution in [0.15, 0.2) is 72.8 Å². The summed E-state index contributed by atoms with van der Waals surface area (Å²) in [7, 11) is 1.30. The lowest BCUT2D eigenvalue weighted by atomic mass is 10.1. The van der Waals surface area contributed by atoms with Gasteiger partial charge >= 0.3 is 11.9 Å². The summed E-state index contributed by atoms with van der Waals surface area (Å²) < 4.78 is 16.0. The second kappa shape index (κ2) is 9.55. The van der Waals surface area contributed by atoms with Crippen molar-refractivity contribution in [3.63, 3.8) is 0 Å². The van der Waals surface area contributed by atoms with E-state index < -0.39 is 12.1 Å². The van der Waals surface area contributed by atoms with Crippen LogP contribution >= 0.6 is 0 Å². The molecule has 0 amide bonds. The average molecular weight is 378 g/mol. The van der Waals surface area contributed by atoms with Gasteiger partial charge in [-0.2, -0.15) is 0 Å². The van der Waals surface area contributed by atoms with Gasteiger partial charge < -0.3 is 14.2 Å². The standard InChI is InChI=1S/C23H22O5/c1-26-23(25)21(14-15-22(24)27-16-17-8-3-2-4-9-17)28-20-13-7-11-18-10-5-6-12-19(18)20/h2-13,21H,14-16H2,1H3/t21-/m1/s1. The molecular weight excluding hydrogens is 356 g/mol. The fraction of sp³-hybridized carbons (Fsp3) is 0.217. The van der Waals surface area contributed by atoms with E-state index in [1.54, 1.807) is 6.07 Å². The molecule has 28 heavy (non-hydrogen) atoms. The van der Waals surface area contributed by atoms with E-state index in [0.29, 0.717) is 5.75 Å². The van der Waals surface area contributed by atoms with Crippen molar-refractivity contribution in [2.75, 3.05) is 7.11 Å². The molecule has 0 saturated heterocycles. The number of hydrogen-bond donors (Lipinski definition) is 0. The Hall–Kier alpha value is -3.34. The molecule has 3 aromatic rings. The molecule has 0 N–H and O–H groups in total. The molecule has 0 aliphatic rings. The maximum atomic E-state index is 12.1. The van der Waals surface area contributed by atoms with Crippen molar-refractivity contribution in [3.8, 4) is 5.75 Å². The predicted octanol–water partition coefficient (Wildman–Crippen LogP) is 4.28. The Balaban J connectivity index is 1.62. The lowest BCUT2D eigenvalue weighted by Gasteiger charge is -2.18. The average Bonchev–Trinajstić information content (AvgIpc) is 2.75. The number of carbonyl (C=O) groups is 2. The van der Waals surface area contributed by atoms with Crippen LogP contribution in [0.1, 0.15) is 18.4 Å². The highest BCUT2D eigenvalue weighted by molar-refractivity contribution is 5.88. The summed E-state index contributed by atoms with van der Waals surface area (Å²) in [5, 5.41) is 1.90. The Morgan fingerprint density at radius 3 is 2.39 bits per heavy atom. The van der Waals surface area contributed by atoms with Crippen molar-refractivity contribution in [1.29, 1.82) is 0 Å². The van der Waals surface area contributed by atoms with Gasteiger partial charge in [-0.05, 0) is 17.0 Å². The van der Waals surface area contributed by atoms with Gasteiger partial charge in [-0.25, -0.2) is 4.79 Å². The molecule has 3 aromatic carbocycles. The van der Waals surface area contributed by atoms with Gasteiger partial charge in [0.05, 0.1) is 7.11 Å². The molecule has 5 heteroatoms. The van der Waals surface area contributed by atoms with E-state index in [0.717, 1.165) is 16.3 Å². The molecule has 0 unspecified atom stereocenters. The molecule has 0 aliphatic carbocycles. The smallest absolute Gasteiger partial charge is 0.347 e. The molecule has 0 radical (unpaired) electrons. The SMILES string of the molecule is COC(=O)[C@@H](CCC(=O)OCc1ccccc1)Oc1cccc2ccccc12. The van der Waals surface area contributed by atoms with Gasteiger partial charge in [0.25, 0.3) is 0 Å². The van der Waals surface area contributed by atoms with E-state index in [4.69, 9.17) is 14.2 Å². The minimum absolute atomic E-state index is 0.0529. The highest BCUT2D eigenvalue weighted by Gasteiger charge is 2.23. The Kier molecular flexibility index (Phi) is 6.63. The first-order valence-corrected chi connectivity index (χ1v) is 9.09. The number of esters is 2. The van der Waals surface area contributed by atoms with E-state index in [1.165, 1.54) is 7.11 Å². The quantitative estimate of drug-likeness (QED) is 0.548. The van der Waals surface area contributed by atoms with E-state index in [-0.39, 0.29) is 25.4 Å². The molecule has 0 fully saturated rings. The second-order valence-corrected chi connectivity index (χ2v) is 6.29. The lowest BCUT2D eigenvalue weighted by Crippen LogP contribution is -2.29. The molecule has 0 aliphatic heterocycles. The fourth-order valence-corrected chi connectivity index (χ4v) is 2.87. The lowest BCUT2D eigenvalue weighted by molar-refractivity contribution is -0.150. The van der Waals surface area contributed by atoms with Crippen molar-refractivity contribution in [2.45, 2.75) is 25.6 Å². The number of hydrogen-bond acceptors (Lipinski definition) is 5. The Bertz CT molecular complexity index is 931. The Labute approximate surface area is 163 Å². The largest absolute Gasteiger partial charge is 0.478 e. The van der Waals surface area contributed by atoms with E-state index in [2.05, 4.69) is 0 Å². The summed E-state index contributed by atoms with van der Waals surface area (Å²) in [6, 6.07) is 22.8. The van der Waals surface area contributed by atoms with Crippen LogP contribution in [0.25, 0.3) is 10.8 Å². The zero-order valence-electron chi connectivity index (χ0n) is 15.7. The number of carbonyl (C=O) groups excluding carboxylic acids is 2. The predicted molar refractivity (Wildman–Crippen MR) is 106 cm³/mol. The molecule has 0 heterocycles. The van der Waals surface area contributed by atoms with Crippen LogP contribution in [0.4, 0.5) is 0 Å². The van der Waals surface area contributed by atoms with Gasteiger partial charge in [-0.1, -0.05) is 66.7 Å².